The highest BCUT2D eigenvalue weighted by molar-refractivity contribution is 14.0. The molecule has 0 spiro atoms. The van der Waals surface area contributed by atoms with Gasteiger partial charge in [-0.1, -0.05) is 6.07 Å². The Balaban J connectivity index is 0.00000392. The minimum atomic E-state index is -0.00301. The Hall–Kier alpha value is -0.910. The quantitative estimate of drug-likeness (QED) is 0.201. The molecule has 0 aromatic carbocycles. The zero-order valence-electron chi connectivity index (χ0n) is 16.8. The van der Waals surface area contributed by atoms with Crippen LogP contribution >= 0.6 is 35.3 Å². The number of carbonyl (C=O) groups excluding carboxylic acids is 1. The van der Waals surface area contributed by atoms with Gasteiger partial charge in [0, 0.05) is 45.8 Å². The molecule has 28 heavy (non-hydrogen) atoms. The van der Waals surface area contributed by atoms with Crippen LogP contribution in [-0.2, 0) is 9.47 Å². The van der Waals surface area contributed by atoms with Gasteiger partial charge in [-0.25, -0.2) is 0 Å². The van der Waals surface area contributed by atoms with Gasteiger partial charge in [-0.2, -0.15) is 0 Å². The van der Waals surface area contributed by atoms with Crippen molar-refractivity contribution in [3.8, 4) is 0 Å². The van der Waals surface area contributed by atoms with Crippen LogP contribution in [0.25, 0.3) is 0 Å². The standard InChI is InChI=1S/C19H32N4O3S.HI/c1-3-20-19(23-10-7-16(14-23)15-26-12-11-25-2)22-9-5-8-21-18(24)17-6-4-13-27-17;/h4,6,13,16H,3,5,7-12,14-15H2,1-2H3,(H,20,22)(H,21,24);1H. The van der Waals surface area contributed by atoms with Gasteiger partial charge in [-0.05, 0) is 31.2 Å². The van der Waals surface area contributed by atoms with E-state index in [1.54, 1.807) is 7.11 Å². The maximum absolute atomic E-state index is 11.9. The van der Waals surface area contributed by atoms with Crippen molar-refractivity contribution in [2.45, 2.75) is 19.8 Å². The van der Waals surface area contributed by atoms with Crippen molar-refractivity contribution in [1.82, 2.24) is 15.5 Å². The molecular weight excluding hydrogens is 491 g/mol. The topological polar surface area (TPSA) is 75.2 Å². The van der Waals surface area contributed by atoms with E-state index in [0.29, 0.717) is 32.2 Å². The second kappa shape index (κ2) is 15.0. The summed E-state index contributed by atoms with van der Waals surface area (Å²) in [6.45, 7) is 8.29. The molecule has 7 nitrogen and oxygen atoms in total. The molecule has 1 unspecified atom stereocenters. The number of carbonyl (C=O) groups is 1. The average molecular weight is 524 g/mol. The Morgan fingerprint density at radius 2 is 2.25 bits per heavy atom. The number of likely N-dealkylation sites (tertiary alicyclic amines) is 1. The molecule has 1 atom stereocenters. The summed E-state index contributed by atoms with van der Waals surface area (Å²) in [6.07, 6.45) is 1.94. The SMILES string of the molecule is CCNC(=NCCCNC(=O)c1cccs1)N1CCC(COCCOC)C1.I. The number of hydrogen-bond donors (Lipinski definition) is 2. The number of aliphatic imine (C=N–C) groups is 1. The number of amides is 1. The van der Waals surface area contributed by atoms with Crippen LogP contribution in [0.3, 0.4) is 0 Å². The van der Waals surface area contributed by atoms with Gasteiger partial charge in [0.15, 0.2) is 5.96 Å². The molecule has 2 heterocycles. The van der Waals surface area contributed by atoms with E-state index in [4.69, 9.17) is 14.5 Å². The third-order valence-corrected chi connectivity index (χ3v) is 5.20. The summed E-state index contributed by atoms with van der Waals surface area (Å²) in [6, 6.07) is 3.72. The molecule has 1 aromatic heterocycles. The predicted molar refractivity (Wildman–Crippen MR) is 125 cm³/mol. The number of halogens is 1. The van der Waals surface area contributed by atoms with Crippen LogP contribution in [0, 0.1) is 5.92 Å². The van der Waals surface area contributed by atoms with Crippen molar-refractivity contribution in [3.05, 3.63) is 22.4 Å². The fourth-order valence-corrected chi connectivity index (χ4v) is 3.58. The Morgan fingerprint density at radius 3 is 2.96 bits per heavy atom. The van der Waals surface area contributed by atoms with Crippen molar-refractivity contribution in [2.24, 2.45) is 10.9 Å². The highest BCUT2D eigenvalue weighted by Crippen LogP contribution is 2.16. The van der Waals surface area contributed by atoms with Gasteiger partial charge >= 0.3 is 0 Å². The van der Waals surface area contributed by atoms with Crippen LogP contribution in [0.1, 0.15) is 29.4 Å². The van der Waals surface area contributed by atoms with E-state index < -0.39 is 0 Å². The molecule has 9 heteroatoms. The second-order valence-corrected chi connectivity index (χ2v) is 7.44. The normalized spacial score (nSPS) is 16.7. The Bertz CT molecular complexity index is 572. The van der Waals surface area contributed by atoms with Gasteiger partial charge in [-0.15, -0.1) is 35.3 Å². The molecule has 0 aliphatic carbocycles. The van der Waals surface area contributed by atoms with Crippen molar-refractivity contribution < 1.29 is 14.3 Å². The summed E-state index contributed by atoms with van der Waals surface area (Å²) in [4.78, 5) is 19.7. The van der Waals surface area contributed by atoms with Gasteiger partial charge in [0.2, 0.25) is 0 Å². The lowest BCUT2D eigenvalue weighted by atomic mass is 10.1. The third kappa shape index (κ3) is 9.06. The van der Waals surface area contributed by atoms with E-state index in [2.05, 4.69) is 22.5 Å². The second-order valence-electron chi connectivity index (χ2n) is 6.49. The maximum atomic E-state index is 11.9. The smallest absolute Gasteiger partial charge is 0.261 e. The first kappa shape index (κ1) is 25.1. The van der Waals surface area contributed by atoms with Crippen LogP contribution in [0.4, 0.5) is 0 Å². The highest BCUT2D eigenvalue weighted by atomic mass is 127. The molecule has 1 aliphatic heterocycles. The Labute approximate surface area is 189 Å². The molecule has 0 saturated carbocycles. The summed E-state index contributed by atoms with van der Waals surface area (Å²) in [5.74, 6) is 1.49. The lowest BCUT2D eigenvalue weighted by Crippen LogP contribution is -2.40. The fourth-order valence-electron chi connectivity index (χ4n) is 2.94. The van der Waals surface area contributed by atoms with Crippen molar-refractivity contribution >= 4 is 47.2 Å². The van der Waals surface area contributed by atoms with Gasteiger partial charge in [-0.3, -0.25) is 9.79 Å². The van der Waals surface area contributed by atoms with Crippen LogP contribution in [0.15, 0.2) is 22.5 Å². The van der Waals surface area contributed by atoms with Gasteiger partial charge in [0.25, 0.3) is 5.91 Å². The average Bonchev–Trinajstić information content (AvgIpc) is 3.36. The summed E-state index contributed by atoms with van der Waals surface area (Å²) in [5.41, 5.74) is 0. The van der Waals surface area contributed by atoms with Crippen molar-refractivity contribution in [1.29, 1.82) is 0 Å². The van der Waals surface area contributed by atoms with E-state index in [9.17, 15) is 4.79 Å². The Morgan fingerprint density at radius 1 is 1.39 bits per heavy atom. The highest BCUT2D eigenvalue weighted by Gasteiger charge is 2.24. The third-order valence-electron chi connectivity index (χ3n) is 4.33. The van der Waals surface area contributed by atoms with Crippen LogP contribution in [-0.4, -0.2) is 76.4 Å². The van der Waals surface area contributed by atoms with E-state index in [0.717, 1.165) is 49.9 Å². The zero-order valence-corrected chi connectivity index (χ0v) is 20.0. The maximum Gasteiger partial charge on any atom is 0.261 e. The van der Waals surface area contributed by atoms with Crippen molar-refractivity contribution in [3.63, 3.8) is 0 Å². The molecule has 1 aromatic rings. The molecule has 1 amide bonds. The zero-order chi connectivity index (χ0) is 19.3. The number of nitrogens with zero attached hydrogens (tertiary/aromatic N) is 2. The summed E-state index contributed by atoms with van der Waals surface area (Å²) in [5, 5.41) is 8.23. The minimum absolute atomic E-state index is 0. The van der Waals surface area contributed by atoms with Gasteiger partial charge < -0.3 is 25.0 Å². The lowest BCUT2D eigenvalue weighted by molar-refractivity contribution is 0.0536. The van der Waals surface area contributed by atoms with E-state index >= 15 is 0 Å². The predicted octanol–water partition coefficient (Wildman–Crippen LogP) is 2.44. The number of guanidine groups is 1. The number of nitrogens with one attached hydrogen (secondary N) is 2. The number of thiophene rings is 1. The first-order valence-corrected chi connectivity index (χ1v) is 10.5. The van der Waals surface area contributed by atoms with Gasteiger partial charge in [0.05, 0.1) is 24.7 Å². The van der Waals surface area contributed by atoms with Crippen LogP contribution in [0.2, 0.25) is 0 Å². The lowest BCUT2D eigenvalue weighted by Gasteiger charge is -2.21. The van der Waals surface area contributed by atoms with Crippen LogP contribution < -0.4 is 10.6 Å². The monoisotopic (exact) mass is 524 g/mol. The first-order valence-electron chi connectivity index (χ1n) is 9.66. The molecule has 1 fully saturated rings. The molecule has 1 aliphatic rings. The largest absolute Gasteiger partial charge is 0.382 e. The summed E-state index contributed by atoms with van der Waals surface area (Å²) in [7, 11) is 1.69. The number of methoxy groups -OCH3 is 1. The number of hydrogen-bond acceptors (Lipinski definition) is 5. The fraction of sp³-hybridized carbons (Fsp3) is 0.684. The van der Waals surface area contributed by atoms with E-state index in [1.165, 1.54) is 11.3 Å². The summed E-state index contributed by atoms with van der Waals surface area (Å²) < 4.78 is 10.7. The van der Waals surface area contributed by atoms with Crippen LogP contribution in [0.5, 0.6) is 0 Å². The summed E-state index contributed by atoms with van der Waals surface area (Å²) >= 11 is 1.46. The molecule has 0 bridgehead atoms. The molecule has 0 radical (unpaired) electrons. The Kier molecular flexibility index (Phi) is 13.5. The molecular formula is C19H33IN4O3S. The van der Waals surface area contributed by atoms with Gasteiger partial charge in [0.1, 0.15) is 0 Å². The molecule has 160 valence electrons. The molecule has 2 N–H and O–H groups in total. The first-order chi connectivity index (χ1) is 13.2. The minimum Gasteiger partial charge on any atom is -0.382 e. The van der Waals surface area contributed by atoms with E-state index in [1.807, 2.05) is 17.5 Å². The van der Waals surface area contributed by atoms with Crippen molar-refractivity contribution in [2.75, 3.05) is 59.7 Å². The number of ether oxygens (including phenoxy) is 2. The molecule has 1 saturated heterocycles. The van der Waals surface area contributed by atoms with E-state index in [-0.39, 0.29) is 29.9 Å². The number of rotatable bonds is 11. The molecule has 2 rings (SSSR count).